The standard InChI is InChI=1S/C12H17ClO3/c1-15-8-2-3-11(14)9-16-12-6-4-10(13)5-7-12/h4-7,11,14H,2-3,8-9H2,1H3. The molecule has 0 amide bonds. The Balaban J connectivity index is 2.20. The molecule has 0 aliphatic carbocycles. The Labute approximate surface area is 101 Å². The lowest BCUT2D eigenvalue weighted by Crippen LogP contribution is -2.17. The second-order valence-electron chi connectivity index (χ2n) is 3.55. The van der Waals surface area contributed by atoms with E-state index < -0.39 is 6.10 Å². The molecular formula is C12H17ClO3. The highest BCUT2D eigenvalue weighted by atomic mass is 35.5. The fourth-order valence-electron chi connectivity index (χ4n) is 1.27. The number of hydrogen-bond donors (Lipinski definition) is 1. The lowest BCUT2D eigenvalue weighted by Gasteiger charge is -2.11. The molecule has 0 aliphatic heterocycles. The normalized spacial score (nSPS) is 12.4. The van der Waals surface area contributed by atoms with Gasteiger partial charge in [0.05, 0.1) is 6.10 Å². The number of methoxy groups -OCH3 is 1. The molecule has 1 atom stereocenters. The van der Waals surface area contributed by atoms with Gasteiger partial charge in [0.25, 0.3) is 0 Å². The van der Waals surface area contributed by atoms with Crippen molar-refractivity contribution < 1.29 is 14.6 Å². The molecule has 0 aromatic heterocycles. The van der Waals surface area contributed by atoms with Crippen molar-refractivity contribution >= 4 is 11.6 Å². The molecule has 0 spiro atoms. The lowest BCUT2D eigenvalue weighted by atomic mass is 10.2. The van der Waals surface area contributed by atoms with Crippen molar-refractivity contribution in [3.05, 3.63) is 29.3 Å². The van der Waals surface area contributed by atoms with Gasteiger partial charge in [-0.15, -0.1) is 0 Å². The third-order valence-corrected chi connectivity index (χ3v) is 2.39. The smallest absolute Gasteiger partial charge is 0.119 e. The van der Waals surface area contributed by atoms with Gasteiger partial charge in [-0.3, -0.25) is 0 Å². The highest BCUT2D eigenvalue weighted by Crippen LogP contribution is 2.15. The van der Waals surface area contributed by atoms with Crippen molar-refractivity contribution in [2.45, 2.75) is 18.9 Å². The summed E-state index contributed by atoms with van der Waals surface area (Å²) in [7, 11) is 1.65. The summed E-state index contributed by atoms with van der Waals surface area (Å²) in [6.45, 7) is 0.962. The highest BCUT2D eigenvalue weighted by molar-refractivity contribution is 6.30. The second-order valence-corrected chi connectivity index (χ2v) is 3.99. The molecule has 1 rings (SSSR count). The number of halogens is 1. The maximum Gasteiger partial charge on any atom is 0.119 e. The van der Waals surface area contributed by atoms with Gasteiger partial charge in [-0.25, -0.2) is 0 Å². The Kier molecular flexibility index (Phi) is 6.23. The molecule has 0 radical (unpaired) electrons. The first-order chi connectivity index (χ1) is 7.72. The molecule has 0 fully saturated rings. The van der Waals surface area contributed by atoms with Gasteiger partial charge in [0.15, 0.2) is 0 Å². The number of benzene rings is 1. The molecule has 3 nitrogen and oxygen atoms in total. The highest BCUT2D eigenvalue weighted by Gasteiger charge is 2.04. The molecular weight excluding hydrogens is 228 g/mol. The van der Waals surface area contributed by atoms with Crippen LogP contribution in [0.25, 0.3) is 0 Å². The van der Waals surface area contributed by atoms with Gasteiger partial charge >= 0.3 is 0 Å². The minimum atomic E-state index is -0.453. The average Bonchev–Trinajstić information content (AvgIpc) is 2.29. The first-order valence-corrected chi connectivity index (χ1v) is 5.65. The average molecular weight is 245 g/mol. The van der Waals surface area contributed by atoms with Crippen LogP contribution < -0.4 is 4.74 Å². The summed E-state index contributed by atoms with van der Waals surface area (Å²) in [4.78, 5) is 0. The number of ether oxygens (including phenoxy) is 2. The third kappa shape index (κ3) is 5.35. The largest absolute Gasteiger partial charge is 0.491 e. The van der Waals surface area contributed by atoms with E-state index in [4.69, 9.17) is 21.1 Å². The van der Waals surface area contributed by atoms with Crippen molar-refractivity contribution in [1.29, 1.82) is 0 Å². The van der Waals surface area contributed by atoms with Crippen LogP contribution in [0.15, 0.2) is 24.3 Å². The number of aliphatic hydroxyl groups is 1. The lowest BCUT2D eigenvalue weighted by molar-refractivity contribution is 0.0878. The summed E-state index contributed by atoms with van der Waals surface area (Å²) in [5.74, 6) is 0.718. The van der Waals surface area contributed by atoms with Crippen LogP contribution >= 0.6 is 11.6 Å². The molecule has 0 heterocycles. The summed E-state index contributed by atoms with van der Waals surface area (Å²) in [5.41, 5.74) is 0. The Hall–Kier alpha value is -0.770. The number of rotatable bonds is 7. The van der Waals surface area contributed by atoms with Crippen LogP contribution in [0.5, 0.6) is 5.75 Å². The van der Waals surface area contributed by atoms with Crippen molar-refractivity contribution in [3.63, 3.8) is 0 Å². The fraction of sp³-hybridized carbons (Fsp3) is 0.500. The van der Waals surface area contributed by atoms with E-state index in [1.54, 1.807) is 31.4 Å². The van der Waals surface area contributed by atoms with E-state index in [1.807, 2.05) is 0 Å². The van der Waals surface area contributed by atoms with Crippen LogP contribution in [0.1, 0.15) is 12.8 Å². The molecule has 1 aromatic carbocycles. The SMILES string of the molecule is COCCCC(O)COc1ccc(Cl)cc1. The summed E-state index contributed by atoms with van der Waals surface area (Å²) in [6.07, 6.45) is 1.06. The topological polar surface area (TPSA) is 38.7 Å². The second kappa shape index (κ2) is 7.49. The Morgan fingerprint density at radius 1 is 1.31 bits per heavy atom. The van der Waals surface area contributed by atoms with Gasteiger partial charge in [-0.2, -0.15) is 0 Å². The van der Waals surface area contributed by atoms with E-state index in [0.717, 1.165) is 12.2 Å². The van der Waals surface area contributed by atoms with E-state index >= 15 is 0 Å². The fourth-order valence-corrected chi connectivity index (χ4v) is 1.40. The minimum Gasteiger partial charge on any atom is -0.491 e. The minimum absolute atomic E-state index is 0.297. The zero-order valence-electron chi connectivity index (χ0n) is 9.36. The van der Waals surface area contributed by atoms with E-state index in [2.05, 4.69) is 0 Å². The zero-order valence-corrected chi connectivity index (χ0v) is 10.1. The molecule has 1 unspecified atom stereocenters. The molecule has 16 heavy (non-hydrogen) atoms. The summed E-state index contributed by atoms with van der Waals surface area (Å²) >= 11 is 5.74. The Morgan fingerprint density at radius 3 is 2.62 bits per heavy atom. The maximum absolute atomic E-state index is 9.59. The molecule has 90 valence electrons. The predicted molar refractivity (Wildman–Crippen MR) is 64.1 cm³/mol. The van der Waals surface area contributed by atoms with Gasteiger partial charge < -0.3 is 14.6 Å². The first kappa shape index (κ1) is 13.3. The van der Waals surface area contributed by atoms with Crippen LogP contribution in [0.4, 0.5) is 0 Å². The van der Waals surface area contributed by atoms with Gasteiger partial charge in [0.1, 0.15) is 12.4 Å². The predicted octanol–water partition coefficient (Wildman–Crippen LogP) is 2.51. The van der Waals surface area contributed by atoms with Crippen molar-refractivity contribution in [1.82, 2.24) is 0 Å². The van der Waals surface area contributed by atoms with E-state index in [1.165, 1.54) is 0 Å². The summed E-state index contributed by atoms with van der Waals surface area (Å²) in [6, 6.07) is 7.08. The molecule has 0 saturated heterocycles. The van der Waals surface area contributed by atoms with Gasteiger partial charge in [-0.05, 0) is 37.1 Å². The van der Waals surface area contributed by atoms with Crippen LogP contribution in [-0.2, 0) is 4.74 Å². The van der Waals surface area contributed by atoms with E-state index in [0.29, 0.717) is 24.7 Å². The van der Waals surface area contributed by atoms with Gasteiger partial charge in [0.2, 0.25) is 0 Å². The van der Waals surface area contributed by atoms with Crippen molar-refractivity contribution in [2.24, 2.45) is 0 Å². The molecule has 0 bridgehead atoms. The maximum atomic E-state index is 9.59. The number of hydrogen-bond acceptors (Lipinski definition) is 3. The zero-order chi connectivity index (χ0) is 11.8. The van der Waals surface area contributed by atoms with E-state index in [-0.39, 0.29) is 0 Å². The molecule has 0 aliphatic rings. The summed E-state index contributed by atoms with van der Waals surface area (Å²) < 4.78 is 10.3. The third-order valence-electron chi connectivity index (χ3n) is 2.14. The summed E-state index contributed by atoms with van der Waals surface area (Å²) in [5, 5.41) is 10.3. The number of aliphatic hydroxyl groups excluding tert-OH is 1. The molecule has 1 N–H and O–H groups in total. The first-order valence-electron chi connectivity index (χ1n) is 5.27. The van der Waals surface area contributed by atoms with Crippen LogP contribution in [-0.4, -0.2) is 31.5 Å². The monoisotopic (exact) mass is 244 g/mol. The van der Waals surface area contributed by atoms with Crippen molar-refractivity contribution in [3.8, 4) is 5.75 Å². The van der Waals surface area contributed by atoms with Crippen LogP contribution in [0.3, 0.4) is 0 Å². The quantitative estimate of drug-likeness (QED) is 0.749. The van der Waals surface area contributed by atoms with Crippen LogP contribution in [0, 0.1) is 0 Å². The Morgan fingerprint density at radius 2 is 2.00 bits per heavy atom. The van der Waals surface area contributed by atoms with Crippen molar-refractivity contribution in [2.75, 3.05) is 20.3 Å². The van der Waals surface area contributed by atoms with Gasteiger partial charge in [0, 0.05) is 18.7 Å². The van der Waals surface area contributed by atoms with Crippen LogP contribution in [0.2, 0.25) is 5.02 Å². The molecule has 1 aromatic rings. The van der Waals surface area contributed by atoms with Gasteiger partial charge in [-0.1, -0.05) is 11.6 Å². The molecule has 4 heteroatoms. The van der Waals surface area contributed by atoms with E-state index in [9.17, 15) is 5.11 Å². The Bertz CT molecular complexity index is 287. The molecule has 0 saturated carbocycles.